The Morgan fingerprint density at radius 3 is 2.27 bits per heavy atom. The third-order valence-corrected chi connectivity index (χ3v) is 5.20. The van der Waals surface area contributed by atoms with Crippen LogP contribution in [0, 0.1) is 13.8 Å². The number of likely N-dealkylation sites (N-methyl/N-ethyl adjacent to an activating group) is 1. The Labute approximate surface area is 198 Å². The first-order valence-corrected chi connectivity index (χ1v) is 11.6. The number of aryl methyl sites for hydroxylation is 2. The summed E-state index contributed by atoms with van der Waals surface area (Å²) in [5, 5.41) is 15.3. The van der Waals surface area contributed by atoms with Crippen molar-refractivity contribution in [3.8, 4) is 0 Å². The number of carbonyl (C=O) groups is 3. The maximum atomic E-state index is 13.4. The maximum absolute atomic E-state index is 13.4. The topological polar surface area (TPSA) is 108 Å². The van der Waals surface area contributed by atoms with Crippen molar-refractivity contribution in [3.05, 3.63) is 34.9 Å². The average Bonchev–Trinajstić information content (AvgIpc) is 2.70. The lowest BCUT2D eigenvalue weighted by Gasteiger charge is -2.34. The van der Waals surface area contributed by atoms with Gasteiger partial charge in [-0.15, -0.1) is 0 Å². The fourth-order valence-corrected chi connectivity index (χ4v) is 3.63. The molecule has 3 N–H and O–H groups in total. The molecule has 33 heavy (non-hydrogen) atoms. The number of hydrogen-bond donors (Lipinski definition) is 3. The van der Waals surface area contributed by atoms with Gasteiger partial charge < -0.3 is 25.4 Å². The molecule has 0 radical (unpaired) electrons. The number of rotatable bonds is 10. The molecule has 3 amide bonds. The number of hydrogen-bond acceptors (Lipinski definition) is 5. The first-order chi connectivity index (χ1) is 15.3. The van der Waals surface area contributed by atoms with E-state index in [1.165, 1.54) is 4.90 Å². The van der Waals surface area contributed by atoms with Gasteiger partial charge in [0, 0.05) is 12.6 Å². The third kappa shape index (κ3) is 8.68. The molecule has 0 aliphatic heterocycles. The van der Waals surface area contributed by atoms with E-state index in [4.69, 9.17) is 4.74 Å². The summed E-state index contributed by atoms with van der Waals surface area (Å²) in [4.78, 5) is 40.5. The van der Waals surface area contributed by atoms with Gasteiger partial charge in [0.2, 0.25) is 11.8 Å². The molecule has 0 aromatic heterocycles. The molecule has 0 spiro atoms. The standard InChI is InChI=1S/C25H41N3O5/c1-9-11-18(5)26-22(30)21(19-14-16(3)12-13-17(19)4)28(10-2)23(31)20(15-29)27-24(32)33-25(6,7)8/h12-14,18,20-21,29H,9-11,15H2,1-8H3,(H,26,30)(H,27,32). The fourth-order valence-electron chi connectivity index (χ4n) is 3.63. The van der Waals surface area contributed by atoms with Crippen LogP contribution < -0.4 is 10.6 Å². The van der Waals surface area contributed by atoms with Gasteiger partial charge in [-0.3, -0.25) is 9.59 Å². The van der Waals surface area contributed by atoms with Crippen LogP contribution in [0.3, 0.4) is 0 Å². The van der Waals surface area contributed by atoms with Gasteiger partial charge in [0.1, 0.15) is 17.7 Å². The van der Waals surface area contributed by atoms with Crippen LogP contribution in [0.4, 0.5) is 4.79 Å². The van der Waals surface area contributed by atoms with Gasteiger partial charge in [0.25, 0.3) is 0 Å². The molecule has 1 aromatic carbocycles. The molecule has 8 heteroatoms. The number of aliphatic hydroxyl groups is 1. The Kier molecular flexibility index (Phi) is 10.8. The lowest BCUT2D eigenvalue weighted by molar-refractivity contribution is -0.143. The van der Waals surface area contributed by atoms with E-state index in [-0.39, 0.29) is 18.5 Å². The number of carbonyl (C=O) groups excluding carboxylic acids is 3. The van der Waals surface area contributed by atoms with Crippen molar-refractivity contribution in [1.29, 1.82) is 0 Å². The molecule has 0 saturated heterocycles. The minimum absolute atomic E-state index is 0.0579. The summed E-state index contributed by atoms with van der Waals surface area (Å²) in [5.41, 5.74) is 1.79. The zero-order valence-electron chi connectivity index (χ0n) is 21.3. The highest BCUT2D eigenvalue weighted by Crippen LogP contribution is 2.27. The molecular formula is C25H41N3O5. The summed E-state index contributed by atoms with van der Waals surface area (Å²) in [6, 6.07) is 3.56. The van der Waals surface area contributed by atoms with Crippen molar-refractivity contribution in [1.82, 2.24) is 15.5 Å². The van der Waals surface area contributed by atoms with Crippen LogP contribution in [-0.4, -0.2) is 58.8 Å². The second-order valence-corrected chi connectivity index (χ2v) is 9.47. The van der Waals surface area contributed by atoms with E-state index >= 15 is 0 Å². The van der Waals surface area contributed by atoms with Crippen molar-refractivity contribution in [2.24, 2.45) is 0 Å². The minimum atomic E-state index is -1.24. The molecular weight excluding hydrogens is 422 g/mol. The Balaban J connectivity index is 3.34. The van der Waals surface area contributed by atoms with E-state index in [1.54, 1.807) is 27.7 Å². The summed E-state index contributed by atoms with van der Waals surface area (Å²) in [6.07, 6.45) is 0.915. The van der Waals surface area contributed by atoms with Gasteiger partial charge in [-0.25, -0.2) is 4.79 Å². The molecule has 1 aromatic rings. The van der Waals surface area contributed by atoms with Gasteiger partial charge in [-0.1, -0.05) is 37.1 Å². The third-order valence-electron chi connectivity index (χ3n) is 5.20. The van der Waals surface area contributed by atoms with Gasteiger partial charge >= 0.3 is 6.09 Å². The molecule has 0 aliphatic rings. The van der Waals surface area contributed by atoms with Crippen molar-refractivity contribution >= 4 is 17.9 Å². The molecule has 0 heterocycles. The highest BCUT2D eigenvalue weighted by Gasteiger charge is 2.36. The molecule has 0 saturated carbocycles. The summed E-state index contributed by atoms with van der Waals surface area (Å²) in [7, 11) is 0. The highest BCUT2D eigenvalue weighted by atomic mass is 16.6. The summed E-state index contributed by atoms with van der Waals surface area (Å²) in [5.74, 6) is -0.858. The second-order valence-electron chi connectivity index (χ2n) is 9.47. The van der Waals surface area contributed by atoms with Crippen molar-refractivity contribution in [2.45, 2.75) is 92.0 Å². The molecule has 0 fully saturated rings. The first-order valence-electron chi connectivity index (χ1n) is 11.6. The number of amides is 3. The summed E-state index contributed by atoms with van der Waals surface area (Å²) in [6.45, 7) is 14.3. The van der Waals surface area contributed by atoms with Crippen LogP contribution in [0.5, 0.6) is 0 Å². The van der Waals surface area contributed by atoms with E-state index < -0.39 is 36.3 Å². The quantitative estimate of drug-likeness (QED) is 0.493. The molecule has 3 atom stereocenters. The van der Waals surface area contributed by atoms with E-state index in [9.17, 15) is 19.5 Å². The van der Waals surface area contributed by atoms with Crippen LogP contribution >= 0.6 is 0 Å². The number of nitrogens with zero attached hydrogens (tertiary/aromatic N) is 1. The zero-order chi connectivity index (χ0) is 25.3. The molecule has 8 nitrogen and oxygen atoms in total. The predicted octanol–water partition coefficient (Wildman–Crippen LogP) is 3.38. The lowest BCUT2D eigenvalue weighted by atomic mass is 9.96. The van der Waals surface area contributed by atoms with E-state index in [1.807, 2.05) is 45.9 Å². The Hall–Kier alpha value is -2.61. The van der Waals surface area contributed by atoms with Gasteiger partial charge in [-0.2, -0.15) is 0 Å². The number of nitrogens with one attached hydrogen (secondary N) is 2. The lowest BCUT2D eigenvalue weighted by Crippen LogP contribution is -2.54. The fraction of sp³-hybridized carbons (Fsp3) is 0.640. The van der Waals surface area contributed by atoms with E-state index in [0.717, 1.165) is 24.0 Å². The SMILES string of the molecule is CCCC(C)NC(=O)C(c1cc(C)ccc1C)N(CC)C(=O)C(CO)NC(=O)OC(C)(C)C. The molecule has 186 valence electrons. The van der Waals surface area contributed by atoms with Crippen LogP contribution in [0.25, 0.3) is 0 Å². The molecule has 0 aliphatic carbocycles. The van der Waals surface area contributed by atoms with Crippen LogP contribution in [0.15, 0.2) is 18.2 Å². The zero-order valence-corrected chi connectivity index (χ0v) is 21.3. The maximum Gasteiger partial charge on any atom is 0.408 e. The summed E-state index contributed by atoms with van der Waals surface area (Å²) >= 11 is 0. The van der Waals surface area contributed by atoms with E-state index in [2.05, 4.69) is 10.6 Å². The number of ether oxygens (including phenoxy) is 1. The second kappa shape index (κ2) is 12.6. The first kappa shape index (κ1) is 28.4. The van der Waals surface area contributed by atoms with Crippen LogP contribution in [-0.2, 0) is 14.3 Å². The number of benzene rings is 1. The highest BCUT2D eigenvalue weighted by molar-refractivity contribution is 5.92. The van der Waals surface area contributed by atoms with Crippen LogP contribution in [0.1, 0.15) is 77.1 Å². The van der Waals surface area contributed by atoms with Gasteiger partial charge in [-0.05, 0) is 66.0 Å². The number of aliphatic hydroxyl groups excluding tert-OH is 1. The Morgan fingerprint density at radius 1 is 1.12 bits per heavy atom. The minimum Gasteiger partial charge on any atom is -0.444 e. The average molecular weight is 464 g/mol. The predicted molar refractivity (Wildman–Crippen MR) is 129 cm³/mol. The Bertz CT molecular complexity index is 819. The van der Waals surface area contributed by atoms with E-state index in [0.29, 0.717) is 5.56 Å². The molecule has 3 unspecified atom stereocenters. The normalized spacial score (nSPS) is 14.1. The monoisotopic (exact) mass is 463 g/mol. The number of alkyl carbamates (subject to hydrolysis) is 1. The molecule has 1 rings (SSSR count). The van der Waals surface area contributed by atoms with Gasteiger partial charge in [0.05, 0.1) is 6.61 Å². The largest absolute Gasteiger partial charge is 0.444 e. The smallest absolute Gasteiger partial charge is 0.408 e. The van der Waals surface area contributed by atoms with Gasteiger partial charge in [0.15, 0.2) is 0 Å². The summed E-state index contributed by atoms with van der Waals surface area (Å²) < 4.78 is 5.23. The molecule has 0 bridgehead atoms. The van der Waals surface area contributed by atoms with Crippen molar-refractivity contribution in [2.75, 3.05) is 13.2 Å². The van der Waals surface area contributed by atoms with Crippen LogP contribution in [0.2, 0.25) is 0 Å². The van der Waals surface area contributed by atoms with Crippen molar-refractivity contribution < 1.29 is 24.2 Å². The Morgan fingerprint density at radius 2 is 1.76 bits per heavy atom. The van der Waals surface area contributed by atoms with Crippen molar-refractivity contribution in [3.63, 3.8) is 0 Å².